The van der Waals surface area contributed by atoms with Gasteiger partial charge in [-0.2, -0.15) is 13.0 Å². The summed E-state index contributed by atoms with van der Waals surface area (Å²) in [7, 11) is -7.31. The number of unbranched alkanes of at least 4 members (excludes halogenated alkanes) is 2. The molecule has 4 aromatic carbocycles. The molecule has 2 unspecified atom stereocenters. The number of amides is 3. The van der Waals surface area contributed by atoms with E-state index in [0.29, 0.717) is 75.2 Å². The van der Waals surface area contributed by atoms with E-state index in [2.05, 4.69) is 212 Å². The van der Waals surface area contributed by atoms with Crippen LogP contribution < -0.4 is 15.5 Å². The number of carbonyl (C=O) groups excluding carboxylic acids is 4. The zero-order chi connectivity index (χ0) is 61.8. The Hall–Kier alpha value is -2.90. The van der Waals surface area contributed by atoms with Crippen molar-refractivity contribution in [2.45, 2.75) is 115 Å². The van der Waals surface area contributed by atoms with Gasteiger partial charge in [-0.05, 0) is 256 Å². The number of allylic oxidation sites excluding steroid dienone is 8. The van der Waals surface area contributed by atoms with Gasteiger partial charge < -0.3 is 25.2 Å². The van der Waals surface area contributed by atoms with E-state index in [1.165, 1.54) is 33.2 Å². The first-order valence-corrected chi connectivity index (χ1v) is 36.9. The van der Waals surface area contributed by atoms with Gasteiger partial charge in [0.25, 0.3) is 22.5 Å². The first-order valence-electron chi connectivity index (χ1n) is 27.8. The number of nitrogens with zero attached hydrogens (tertiary/aromatic N) is 3. The van der Waals surface area contributed by atoms with E-state index < -0.39 is 32.2 Å². The quantitative estimate of drug-likeness (QED) is 0.0127. The summed E-state index contributed by atoms with van der Waals surface area (Å²) in [5, 5.41) is 5.94. The molecule has 16 nitrogen and oxygen atoms in total. The molecule has 85 heavy (non-hydrogen) atoms. The summed E-state index contributed by atoms with van der Waals surface area (Å²) in [5.74, 6) is -1.12. The molecule has 3 aliphatic heterocycles. The fourth-order valence-corrected chi connectivity index (χ4v) is 17.8. The third-order valence-electron chi connectivity index (χ3n) is 16.0. The van der Waals surface area contributed by atoms with Crippen LogP contribution in [0.4, 0.5) is 22.7 Å². The monoisotopic (exact) mass is 1870 g/mol. The molecule has 2 atom stereocenters. The van der Waals surface area contributed by atoms with Crippen molar-refractivity contribution < 1.29 is 54.1 Å². The lowest BCUT2D eigenvalue weighted by molar-refractivity contribution is -0.437. The number of carbonyl (C=O) groups is 4. The van der Waals surface area contributed by atoms with Crippen LogP contribution in [0.5, 0.6) is 0 Å². The second-order valence-corrected chi connectivity index (χ2v) is 30.1. The first-order chi connectivity index (χ1) is 40.5. The number of halogens is 6. The summed E-state index contributed by atoms with van der Waals surface area (Å²) in [6.07, 6.45) is 23.5. The molecule has 2 fully saturated rings. The molecule has 0 aromatic heterocycles. The standard InChI is InChI=1S/C61H65I6N5O8S.O3S/c1-4-31-70-47-36-44(62)53(64)55(66)51(47)60(3,28-11-8-12-34-80-38-73)49(70)16-9-6-5-7-10-17-50-61(52-48(37-45(63)54(65)56(52)67)71(50)33-14-35-81(77,78)79)29-26-41(27-30-61)59(76)72-32-13-15-46(72)58(75)69-43-24-22-42(23-25-43)68-57(74)40-20-18-39(2)19-21-40;1-4(2)3/h5-7,9-10,16-25,36-38,41,46H,4,8,11-15,26-35H2,1-3H3,(H2-,68,69,74,75,77,78,79);/p+1. The molecule has 1 saturated heterocycles. The van der Waals surface area contributed by atoms with E-state index in [4.69, 9.17) is 17.4 Å². The highest BCUT2D eigenvalue weighted by Gasteiger charge is 2.55. The Balaban J connectivity index is 0.00000251. The molecule has 3 heterocycles. The van der Waals surface area contributed by atoms with E-state index >= 15 is 0 Å². The Morgan fingerprint density at radius 2 is 1.41 bits per heavy atom. The fraction of sp³-hybridized carbons (Fsp3) is 0.393. The van der Waals surface area contributed by atoms with Crippen LogP contribution in [0.1, 0.15) is 118 Å². The largest absolute Gasteiger partial charge is 0.468 e. The number of benzene rings is 4. The van der Waals surface area contributed by atoms with E-state index in [1.807, 2.05) is 31.2 Å². The highest BCUT2D eigenvalue weighted by atomic mass is 127. The molecule has 0 bridgehead atoms. The molecule has 4 aromatic rings. The maximum absolute atomic E-state index is 14.7. The van der Waals surface area contributed by atoms with Crippen LogP contribution in [-0.2, 0) is 50.7 Å². The maximum Gasteiger partial charge on any atom is 0.425 e. The number of hydrogen-bond acceptors (Lipinski definition) is 11. The summed E-state index contributed by atoms with van der Waals surface area (Å²) in [6, 6.07) is 18.3. The molecule has 3 N–H and O–H groups in total. The second kappa shape index (κ2) is 31.7. The van der Waals surface area contributed by atoms with Crippen LogP contribution in [0.25, 0.3) is 0 Å². The van der Waals surface area contributed by atoms with Gasteiger partial charge in [-0.15, -0.1) is 12.6 Å². The third-order valence-corrected chi connectivity index (χ3v) is 27.0. The smallest absolute Gasteiger partial charge is 0.425 e. The van der Waals surface area contributed by atoms with Crippen molar-refractivity contribution >= 4 is 209 Å². The van der Waals surface area contributed by atoms with Crippen LogP contribution in [0.2, 0.25) is 0 Å². The number of fused-ring (bicyclic) bond motifs is 3. The summed E-state index contributed by atoms with van der Waals surface area (Å²) >= 11 is 14.7. The summed E-state index contributed by atoms with van der Waals surface area (Å²) < 4.78 is 73.8. The lowest BCUT2D eigenvalue weighted by Gasteiger charge is -2.37. The number of rotatable bonds is 22. The van der Waals surface area contributed by atoms with Gasteiger partial charge in [0, 0.05) is 98.3 Å². The molecule has 1 spiro atoms. The van der Waals surface area contributed by atoms with Crippen molar-refractivity contribution in [3.05, 3.63) is 153 Å². The normalized spacial score (nSPS) is 20.6. The minimum Gasteiger partial charge on any atom is -0.468 e. The van der Waals surface area contributed by atoms with Crippen LogP contribution in [0.15, 0.2) is 109 Å². The van der Waals surface area contributed by atoms with Crippen LogP contribution in [0.3, 0.4) is 0 Å². The van der Waals surface area contributed by atoms with Crippen molar-refractivity contribution in [2.75, 3.05) is 47.5 Å². The Bertz CT molecular complexity index is 3570. The van der Waals surface area contributed by atoms with Crippen LogP contribution in [0, 0.1) is 34.3 Å². The Morgan fingerprint density at radius 1 is 0.800 bits per heavy atom. The second-order valence-electron chi connectivity index (χ2n) is 21.5. The van der Waals surface area contributed by atoms with Crippen LogP contribution in [-0.4, -0.2) is 103 Å². The van der Waals surface area contributed by atoms with E-state index in [-0.39, 0.29) is 41.2 Å². The van der Waals surface area contributed by atoms with Crippen molar-refractivity contribution in [3.8, 4) is 0 Å². The Labute approximate surface area is 581 Å². The summed E-state index contributed by atoms with van der Waals surface area (Å²) in [4.78, 5) is 56.5. The number of likely N-dealkylation sites (tertiary alicyclic amines) is 1. The number of ether oxygens (including phenoxy) is 1. The van der Waals surface area contributed by atoms with Gasteiger partial charge in [0.1, 0.15) is 12.6 Å². The zero-order valence-electron chi connectivity index (χ0n) is 47.0. The number of aryl methyl sites for hydroxylation is 1. The molecular weight excluding hydrogens is 1800 g/mol. The first kappa shape index (κ1) is 69.6. The number of nitrogens with one attached hydrogen (secondary N) is 2. The van der Waals surface area contributed by atoms with Gasteiger partial charge in [0.2, 0.25) is 17.5 Å². The minimum absolute atomic E-state index is 0.00592. The van der Waals surface area contributed by atoms with Gasteiger partial charge in [-0.1, -0.05) is 67.8 Å². The molecule has 4 aliphatic rings. The molecule has 0 radical (unpaired) electrons. The average molecular weight is 1870 g/mol. The SMILES string of the molecule is CCCN1C(=CC=CC=CC=CC2=[N+](CCCS(=O)(=O)O)c3cc(I)c(I)c(I)c3C23CCC(C(=O)N2CCCC2C(=O)Nc2ccc(NC(=O)c4ccc(C)cc4)cc2)CC3)C(C)(CCCCCOC=O)c2c1cc(I)c(I)c2I.O=S(=O)=O. The van der Waals surface area contributed by atoms with E-state index in [9.17, 15) is 32.1 Å². The highest BCUT2D eigenvalue weighted by Crippen LogP contribution is 2.55. The predicted octanol–water partition coefficient (Wildman–Crippen LogP) is 13.8. The summed E-state index contributed by atoms with van der Waals surface area (Å²) in [6.45, 7) is 9.27. The van der Waals surface area contributed by atoms with Gasteiger partial charge >= 0.3 is 10.6 Å². The van der Waals surface area contributed by atoms with Crippen molar-refractivity contribution in [1.29, 1.82) is 0 Å². The molecule has 3 amide bonds. The molecule has 24 heteroatoms. The molecule has 8 rings (SSSR count). The highest BCUT2D eigenvalue weighted by molar-refractivity contribution is 14.1. The van der Waals surface area contributed by atoms with Crippen LogP contribution >= 0.6 is 136 Å². The van der Waals surface area contributed by atoms with Gasteiger partial charge in [-0.3, -0.25) is 23.7 Å². The van der Waals surface area contributed by atoms with Crippen molar-refractivity contribution in [2.24, 2.45) is 5.92 Å². The molecule has 1 aliphatic carbocycles. The lowest BCUT2D eigenvalue weighted by Crippen LogP contribution is -2.48. The van der Waals surface area contributed by atoms with E-state index in [0.717, 1.165) is 72.7 Å². The molecule has 454 valence electrons. The van der Waals surface area contributed by atoms with Gasteiger partial charge in [-0.25, -0.2) is 0 Å². The Morgan fingerprint density at radius 3 is 2.05 bits per heavy atom. The van der Waals surface area contributed by atoms with Gasteiger partial charge in [0.15, 0.2) is 5.71 Å². The zero-order valence-corrected chi connectivity index (χ0v) is 61.6. The van der Waals surface area contributed by atoms with Crippen molar-refractivity contribution in [1.82, 2.24) is 4.90 Å². The third kappa shape index (κ3) is 17.1. The maximum atomic E-state index is 14.7. The molecule has 1 saturated carbocycles. The fourth-order valence-electron chi connectivity index (χ4n) is 12.1. The lowest BCUT2D eigenvalue weighted by atomic mass is 9.64. The minimum atomic E-state index is -4.20. The number of hydrogen-bond donors (Lipinski definition) is 3. The predicted molar refractivity (Wildman–Crippen MR) is 383 cm³/mol. The van der Waals surface area contributed by atoms with Gasteiger partial charge in [0.05, 0.1) is 23.3 Å². The molecular formula is C61H66I6N5O11S2+. The Kier molecular flexibility index (Phi) is 26.0. The van der Waals surface area contributed by atoms with E-state index in [1.54, 1.807) is 41.3 Å². The topological polar surface area (TPSA) is 217 Å². The number of anilines is 3. The summed E-state index contributed by atoms with van der Waals surface area (Å²) in [5.41, 5.74) is 9.22. The average Bonchev–Trinajstić information content (AvgIpc) is 1.65. The van der Waals surface area contributed by atoms with Crippen molar-refractivity contribution in [3.63, 3.8) is 0 Å².